The first-order valence-corrected chi connectivity index (χ1v) is 16.4. The lowest BCUT2D eigenvalue weighted by Gasteiger charge is -2.39. The van der Waals surface area contributed by atoms with Gasteiger partial charge in [0.25, 0.3) is 11.5 Å². The minimum atomic E-state index is -0.287. The maximum absolute atomic E-state index is 13.1. The Kier molecular flexibility index (Phi) is 8.46. The third kappa shape index (κ3) is 6.15. The highest BCUT2D eigenvalue weighted by Gasteiger charge is 2.34. The topological polar surface area (TPSA) is 103 Å². The number of hydrogen-bond donors (Lipinski definition) is 2. The quantitative estimate of drug-likeness (QED) is 0.522. The van der Waals surface area contributed by atoms with Crippen molar-refractivity contribution in [1.82, 2.24) is 24.7 Å². The molecule has 2 aromatic rings. The molecule has 2 amide bonds. The first-order valence-electron chi connectivity index (χ1n) is 15.5. The third-order valence-corrected chi connectivity index (χ3v) is 10.6. The summed E-state index contributed by atoms with van der Waals surface area (Å²) in [4.78, 5) is 52.2. The van der Waals surface area contributed by atoms with E-state index >= 15 is 0 Å². The van der Waals surface area contributed by atoms with E-state index in [1.165, 1.54) is 23.3 Å². The van der Waals surface area contributed by atoms with Gasteiger partial charge in [0.2, 0.25) is 5.91 Å². The Labute approximate surface area is 257 Å². The number of piperidine rings is 1. The van der Waals surface area contributed by atoms with Crippen LogP contribution in [-0.2, 0) is 24.7 Å². The van der Waals surface area contributed by atoms with E-state index in [-0.39, 0.29) is 41.4 Å². The average molecular weight is 606 g/mol. The molecule has 4 heterocycles. The summed E-state index contributed by atoms with van der Waals surface area (Å²) in [7, 11) is 5.59. The molecule has 2 aromatic heterocycles. The van der Waals surface area contributed by atoms with Crippen LogP contribution in [0.3, 0.4) is 0 Å². The second kappa shape index (κ2) is 12.3. The van der Waals surface area contributed by atoms with Crippen LogP contribution in [0.4, 0.5) is 11.6 Å². The lowest BCUT2D eigenvalue weighted by Crippen LogP contribution is -2.55. The molecule has 2 aliphatic carbocycles. The number of amides is 2. The van der Waals surface area contributed by atoms with E-state index in [1.807, 2.05) is 26.2 Å². The van der Waals surface area contributed by atoms with Crippen molar-refractivity contribution in [1.29, 1.82) is 0 Å². The summed E-state index contributed by atoms with van der Waals surface area (Å²) < 4.78 is 1.58. The number of aromatic nitrogens is 2. The van der Waals surface area contributed by atoms with Crippen LogP contribution in [-0.4, -0.2) is 89.6 Å². The lowest BCUT2D eigenvalue weighted by molar-refractivity contribution is -0.137. The molecule has 4 aliphatic rings. The smallest absolute Gasteiger partial charge is 0.293 e. The minimum Gasteiger partial charge on any atom is -0.359 e. The van der Waals surface area contributed by atoms with Crippen LogP contribution in [0.5, 0.6) is 0 Å². The maximum atomic E-state index is 13.1. The molecule has 230 valence electrons. The van der Waals surface area contributed by atoms with Gasteiger partial charge in [-0.2, -0.15) is 0 Å². The van der Waals surface area contributed by atoms with Crippen LogP contribution in [0.25, 0.3) is 0 Å². The second-order valence-electron chi connectivity index (χ2n) is 12.6. The van der Waals surface area contributed by atoms with Crippen LogP contribution in [0.2, 0.25) is 0 Å². The summed E-state index contributed by atoms with van der Waals surface area (Å²) in [5.74, 6) is 1.20. The van der Waals surface area contributed by atoms with Gasteiger partial charge in [-0.15, -0.1) is 11.3 Å². The molecule has 11 heteroatoms. The summed E-state index contributed by atoms with van der Waals surface area (Å²) in [5.41, 5.74) is 2.15. The van der Waals surface area contributed by atoms with Crippen molar-refractivity contribution >= 4 is 34.8 Å². The molecule has 4 atom stereocenters. The molecule has 2 fully saturated rings. The first kappa shape index (κ1) is 29.6. The number of piperazine rings is 1. The fourth-order valence-corrected chi connectivity index (χ4v) is 7.87. The predicted molar refractivity (Wildman–Crippen MR) is 171 cm³/mol. The number of anilines is 2. The summed E-state index contributed by atoms with van der Waals surface area (Å²) in [6, 6.07) is 1.68. The van der Waals surface area contributed by atoms with Gasteiger partial charge in [-0.1, -0.05) is 25.2 Å². The number of nitrogens with one attached hydrogen (secondary N) is 2. The molecule has 6 rings (SSSR count). The molecular formula is C32H43N7O3S. The summed E-state index contributed by atoms with van der Waals surface area (Å²) in [6.07, 6.45) is 14.4. The number of thiophene rings is 1. The van der Waals surface area contributed by atoms with Crippen molar-refractivity contribution in [3.05, 3.63) is 61.7 Å². The molecule has 0 aromatic carbocycles. The van der Waals surface area contributed by atoms with Gasteiger partial charge in [0.1, 0.15) is 11.9 Å². The summed E-state index contributed by atoms with van der Waals surface area (Å²) in [5, 5.41) is 6.65. The minimum absolute atomic E-state index is 0.0142. The highest BCUT2D eigenvalue weighted by molar-refractivity contribution is 7.14. The van der Waals surface area contributed by atoms with Crippen molar-refractivity contribution in [2.75, 3.05) is 50.5 Å². The van der Waals surface area contributed by atoms with Crippen LogP contribution in [0, 0.1) is 5.92 Å². The fourth-order valence-electron chi connectivity index (χ4n) is 6.71. The van der Waals surface area contributed by atoms with Gasteiger partial charge in [-0.25, -0.2) is 4.98 Å². The number of carbonyl (C=O) groups is 2. The Morgan fingerprint density at radius 1 is 1.07 bits per heavy atom. The van der Waals surface area contributed by atoms with E-state index in [0.717, 1.165) is 61.6 Å². The van der Waals surface area contributed by atoms with Gasteiger partial charge >= 0.3 is 0 Å². The Balaban J connectivity index is 1.13. The lowest BCUT2D eigenvalue weighted by atomic mass is 9.88. The van der Waals surface area contributed by atoms with Gasteiger partial charge in [0, 0.05) is 57.4 Å². The molecule has 0 radical (unpaired) electrons. The average Bonchev–Trinajstić information content (AvgIpc) is 3.44. The van der Waals surface area contributed by atoms with Gasteiger partial charge in [0.05, 0.1) is 10.9 Å². The maximum Gasteiger partial charge on any atom is 0.293 e. The highest BCUT2D eigenvalue weighted by atomic mass is 32.1. The SMILES string of the molecule is CC1C=C([C@H]2C(=O)N(C)CCN2C)C=CC1Nc1nc(N2CCCC(NC(=O)c3cc4c(s3)CCCC4)C2)cn(C)c1=O. The Morgan fingerprint density at radius 2 is 1.88 bits per heavy atom. The van der Waals surface area contributed by atoms with E-state index in [0.29, 0.717) is 12.4 Å². The predicted octanol–water partition coefficient (Wildman–Crippen LogP) is 2.80. The summed E-state index contributed by atoms with van der Waals surface area (Å²) >= 11 is 1.64. The Bertz CT molecular complexity index is 1490. The number of fused-ring (bicyclic) bond motifs is 1. The van der Waals surface area contributed by atoms with Crippen molar-refractivity contribution in [3.8, 4) is 0 Å². The Morgan fingerprint density at radius 3 is 2.67 bits per heavy atom. The zero-order valence-corrected chi connectivity index (χ0v) is 26.5. The van der Waals surface area contributed by atoms with Crippen LogP contribution in [0.15, 0.2) is 40.9 Å². The number of likely N-dealkylation sites (N-methyl/N-ethyl adjacent to an activating group) is 2. The number of rotatable bonds is 6. The first-order chi connectivity index (χ1) is 20.7. The highest BCUT2D eigenvalue weighted by Crippen LogP contribution is 2.30. The fraction of sp³-hybridized carbons (Fsp3) is 0.562. The molecule has 43 heavy (non-hydrogen) atoms. The van der Waals surface area contributed by atoms with E-state index in [2.05, 4.69) is 39.5 Å². The third-order valence-electron chi connectivity index (χ3n) is 9.34. The van der Waals surface area contributed by atoms with E-state index in [1.54, 1.807) is 34.0 Å². The van der Waals surface area contributed by atoms with Gasteiger partial charge < -0.3 is 25.0 Å². The summed E-state index contributed by atoms with van der Waals surface area (Å²) in [6.45, 7) is 5.11. The van der Waals surface area contributed by atoms with E-state index in [4.69, 9.17) is 4.98 Å². The standard InChI is InChI=1S/C32H43N7O3S/c1-20-16-22(28-31(41)37(3)15-14-36(28)2)11-12-24(20)34-29-32(42)38(4)19-27(35-29)39-13-7-9-23(18-39)33-30(40)26-17-21-8-5-6-10-25(21)43-26/h11-12,16-17,19-20,23-24,28H,5-10,13-15,18H2,1-4H3,(H,33,40)(H,34,35)/t20?,23?,24?,28-/m0/s1. The monoisotopic (exact) mass is 605 g/mol. The molecule has 2 saturated heterocycles. The van der Waals surface area contributed by atoms with Gasteiger partial charge in [-0.05, 0) is 68.7 Å². The second-order valence-corrected chi connectivity index (χ2v) is 13.7. The van der Waals surface area contributed by atoms with Crippen LogP contribution >= 0.6 is 11.3 Å². The van der Waals surface area contributed by atoms with Gasteiger partial charge in [0.15, 0.2) is 5.82 Å². The van der Waals surface area contributed by atoms with E-state index in [9.17, 15) is 14.4 Å². The molecular weight excluding hydrogens is 562 g/mol. The van der Waals surface area contributed by atoms with E-state index < -0.39 is 0 Å². The van der Waals surface area contributed by atoms with Crippen LogP contribution < -0.4 is 21.1 Å². The molecule has 0 spiro atoms. The molecule has 2 aliphatic heterocycles. The zero-order chi connectivity index (χ0) is 30.2. The molecule has 0 bridgehead atoms. The van der Waals surface area contributed by atoms with Crippen LogP contribution in [0.1, 0.15) is 52.7 Å². The molecule has 10 nitrogen and oxygen atoms in total. The van der Waals surface area contributed by atoms with Crippen molar-refractivity contribution in [3.63, 3.8) is 0 Å². The van der Waals surface area contributed by atoms with Crippen molar-refractivity contribution in [2.24, 2.45) is 13.0 Å². The van der Waals surface area contributed by atoms with Gasteiger partial charge in [-0.3, -0.25) is 19.3 Å². The number of hydrogen-bond acceptors (Lipinski definition) is 8. The number of carbonyl (C=O) groups excluding carboxylic acids is 2. The van der Waals surface area contributed by atoms with Crippen molar-refractivity contribution < 1.29 is 9.59 Å². The van der Waals surface area contributed by atoms with Crippen molar-refractivity contribution in [2.45, 2.75) is 63.6 Å². The number of aryl methyl sites for hydroxylation is 3. The largest absolute Gasteiger partial charge is 0.359 e. The number of nitrogens with zero attached hydrogens (tertiary/aromatic N) is 5. The Hall–Kier alpha value is -3.44. The zero-order valence-electron chi connectivity index (χ0n) is 25.6. The normalized spacial score (nSPS) is 26.2. The molecule has 2 N–H and O–H groups in total. The molecule has 0 saturated carbocycles. The molecule has 3 unspecified atom stereocenters.